The molecule has 2 heteroatoms. The van der Waals surface area contributed by atoms with E-state index in [9.17, 15) is 4.79 Å². The standard InChI is InChI=1S/C7H11NO/c1-5-3-4-6(2)8-7(5)9/h3,6H,4H2,1-2H3,(H,8,9). The van der Waals surface area contributed by atoms with Crippen LogP contribution in [0.2, 0.25) is 0 Å². The van der Waals surface area contributed by atoms with Crippen molar-refractivity contribution in [2.45, 2.75) is 26.3 Å². The van der Waals surface area contributed by atoms with Crippen LogP contribution in [0.25, 0.3) is 0 Å². The summed E-state index contributed by atoms with van der Waals surface area (Å²) in [7, 11) is 0. The molecule has 0 aromatic carbocycles. The second kappa shape index (κ2) is 2.21. The Kier molecular flexibility index (Phi) is 1.56. The molecule has 0 fully saturated rings. The summed E-state index contributed by atoms with van der Waals surface area (Å²) < 4.78 is 0. The van der Waals surface area contributed by atoms with Crippen molar-refractivity contribution in [3.05, 3.63) is 11.6 Å². The zero-order valence-electron chi connectivity index (χ0n) is 5.77. The van der Waals surface area contributed by atoms with Gasteiger partial charge in [0, 0.05) is 11.6 Å². The van der Waals surface area contributed by atoms with Crippen molar-refractivity contribution >= 4 is 5.91 Å². The predicted molar refractivity (Wildman–Crippen MR) is 36.0 cm³/mol. The highest BCUT2D eigenvalue weighted by molar-refractivity contribution is 5.93. The van der Waals surface area contributed by atoms with E-state index in [1.165, 1.54) is 0 Å². The van der Waals surface area contributed by atoms with Crippen molar-refractivity contribution < 1.29 is 4.79 Å². The van der Waals surface area contributed by atoms with E-state index in [0.29, 0.717) is 6.04 Å². The Labute approximate surface area is 54.9 Å². The molecule has 0 saturated carbocycles. The molecule has 1 aliphatic heterocycles. The van der Waals surface area contributed by atoms with Gasteiger partial charge in [0.1, 0.15) is 0 Å². The fourth-order valence-corrected chi connectivity index (χ4v) is 0.843. The highest BCUT2D eigenvalue weighted by atomic mass is 16.1. The minimum Gasteiger partial charge on any atom is -0.350 e. The fraction of sp³-hybridized carbons (Fsp3) is 0.571. The number of carbonyl (C=O) groups excluding carboxylic acids is 1. The van der Waals surface area contributed by atoms with Gasteiger partial charge in [-0.25, -0.2) is 0 Å². The van der Waals surface area contributed by atoms with Gasteiger partial charge in [0.05, 0.1) is 0 Å². The zero-order chi connectivity index (χ0) is 6.85. The van der Waals surface area contributed by atoms with Crippen LogP contribution < -0.4 is 5.32 Å². The molecular weight excluding hydrogens is 114 g/mol. The van der Waals surface area contributed by atoms with E-state index in [1.54, 1.807) is 0 Å². The highest BCUT2D eigenvalue weighted by Crippen LogP contribution is 2.05. The Morgan fingerprint density at radius 2 is 2.44 bits per heavy atom. The molecule has 2 nitrogen and oxygen atoms in total. The van der Waals surface area contributed by atoms with Gasteiger partial charge in [0.25, 0.3) is 0 Å². The van der Waals surface area contributed by atoms with Crippen LogP contribution in [-0.4, -0.2) is 11.9 Å². The second-order valence-corrected chi connectivity index (χ2v) is 2.50. The predicted octanol–water partition coefficient (Wildman–Crippen LogP) is 0.841. The first kappa shape index (κ1) is 6.33. The molecular formula is C7H11NO. The van der Waals surface area contributed by atoms with E-state index < -0.39 is 0 Å². The maximum absolute atomic E-state index is 10.8. The van der Waals surface area contributed by atoms with E-state index in [0.717, 1.165) is 12.0 Å². The second-order valence-electron chi connectivity index (χ2n) is 2.50. The first-order valence-corrected chi connectivity index (χ1v) is 3.18. The number of nitrogens with one attached hydrogen (secondary N) is 1. The Hall–Kier alpha value is -0.790. The van der Waals surface area contributed by atoms with E-state index in [1.807, 2.05) is 19.9 Å². The summed E-state index contributed by atoms with van der Waals surface area (Å²) >= 11 is 0. The quantitative estimate of drug-likeness (QED) is 0.510. The van der Waals surface area contributed by atoms with Crippen LogP contribution in [0.5, 0.6) is 0 Å². The zero-order valence-corrected chi connectivity index (χ0v) is 5.77. The molecule has 1 N–H and O–H groups in total. The maximum atomic E-state index is 10.8. The van der Waals surface area contributed by atoms with Crippen molar-refractivity contribution in [1.82, 2.24) is 5.32 Å². The van der Waals surface area contributed by atoms with Crippen LogP contribution in [0, 0.1) is 0 Å². The fourth-order valence-electron chi connectivity index (χ4n) is 0.843. The number of hydrogen-bond donors (Lipinski definition) is 1. The van der Waals surface area contributed by atoms with Crippen LogP contribution in [0.3, 0.4) is 0 Å². The normalized spacial score (nSPS) is 27.1. The van der Waals surface area contributed by atoms with E-state index in [4.69, 9.17) is 0 Å². The molecule has 1 unspecified atom stereocenters. The molecule has 50 valence electrons. The van der Waals surface area contributed by atoms with Gasteiger partial charge >= 0.3 is 0 Å². The van der Waals surface area contributed by atoms with Gasteiger partial charge < -0.3 is 5.32 Å². The molecule has 1 amide bonds. The Morgan fingerprint density at radius 3 is 2.89 bits per heavy atom. The third kappa shape index (κ3) is 1.31. The molecule has 1 atom stereocenters. The van der Waals surface area contributed by atoms with Crippen molar-refractivity contribution in [3.8, 4) is 0 Å². The van der Waals surface area contributed by atoms with Crippen molar-refractivity contribution in [1.29, 1.82) is 0 Å². The van der Waals surface area contributed by atoms with Crippen LogP contribution in [-0.2, 0) is 4.79 Å². The molecule has 1 aliphatic rings. The molecule has 0 aliphatic carbocycles. The van der Waals surface area contributed by atoms with Crippen LogP contribution in [0.15, 0.2) is 11.6 Å². The molecule has 0 bridgehead atoms. The summed E-state index contributed by atoms with van der Waals surface area (Å²) in [5.41, 5.74) is 0.841. The molecule has 1 heterocycles. The van der Waals surface area contributed by atoms with Crippen molar-refractivity contribution in [3.63, 3.8) is 0 Å². The summed E-state index contributed by atoms with van der Waals surface area (Å²) in [5.74, 6) is 0.0775. The van der Waals surface area contributed by atoms with E-state index in [2.05, 4.69) is 5.32 Å². The summed E-state index contributed by atoms with van der Waals surface area (Å²) in [6, 6.07) is 0.321. The molecule has 0 spiro atoms. The van der Waals surface area contributed by atoms with Gasteiger partial charge in [-0.3, -0.25) is 4.79 Å². The highest BCUT2D eigenvalue weighted by Gasteiger charge is 2.12. The summed E-state index contributed by atoms with van der Waals surface area (Å²) in [6.07, 6.45) is 2.95. The number of carbonyl (C=O) groups is 1. The lowest BCUT2D eigenvalue weighted by Crippen LogP contribution is -2.35. The summed E-state index contributed by atoms with van der Waals surface area (Å²) in [5, 5.41) is 2.82. The number of hydrogen-bond acceptors (Lipinski definition) is 1. The molecule has 0 aromatic rings. The lowest BCUT2D eigenvalue weighted by Gasteiger charge is -2.16. The lowest BCUT2D eigenvalue weighted by molar-refractivity contribution is -0.118. The third-order valence-corrected chi connectivity index (χ3v) is 1.51. The summed E-state index contributed by atoms with van der Waals surface area (Å²) in [4.78, 5) is 10.8. The third-order valence-electron chi connectivity index (χ3n) is 1.51. The van der Waals surface area contributed by atoms with Gasteiger partial charge in [-0.15, -0.1) is 0 Å². The molecule has 0 aromatic heterocycles. The average Bonchev–Trinajstić information content (AvgIpc) is 1.80. The van der Waals surface area contributed by atoms with Crippen molar-refractivity contribution in [2.24, 2.45) is 0 Å². The summed E-state index contributed by atoms with van der Waals surface area (Å²) in [6.45, 7) is 3.84. The SMILES string of the molecule is CC1=CCC(C)NC1=O. The average molecular weight is 125 g/mol. The van der Waals surface area contributed by atoms with Gasteiger partial charge in [-0.2, -0.15) is 0 Å². The monoisotopic (exact) mass is 125 g/mol. The molecule has 1 rings (SSSR count). The van der Waals surface area contributed by atoms with Crippen LogP contribution in [0.1, 0.15) is 20.3 Å². The number of rotatable bonds is 0. The smallest absolute Gasteiger partial charge is 0.246 e. The van der Waals surface area contributed by atoms with Crippen LogP contribution >= 0.6 is 0 Å². The maximum Gasteiger partial charge on any atom is 0.246 e. The molecule has 9 heavy (non-hydrogen) atoms. The first-order valence-electron chi connectivity index (χ1n) is 3.18. The Bertz CT molecular complexity index is 160. The van der Waals surface area contributed by atoms with Crippen LogP contribution in [0.4, 0.5) is 0 Å². The minimum absolute atomic E-state index is 0.0775. The van der Waals surface area contributed by atoms with E-state index in [-0.39, 0.29) is 5.91 Å². The first-order chi connectivity index (χ1) is 4.20. The van der Waals surface area contributed by atoms with Gasteiger partial charge in [0.15, 0.2) is 0 Å². The largest absolute Gasteiger partial charge is 0.350 e. The topological polar surface area (TPSA) is 29.1 Å². The van der Waals surface area contributed by atoms with Gasteiger partial charge in [-0.1, -0.05) is 6.08 Å². The van der Waals surface area contributed by atoms with Gasteiger partial charge in [0.2, 0.25) is 5.91 Å². The molecule has 0 radical (unpaired) electrons. The molecule has 0 saturated heterocycles. The lowest BCUT2D eigenvalue weighted by atomic mass is 10.1. The van der Waals surface area contributed by atoms with Gasteiger partial charge in [-0.05, 0) is 20.3 Å². The van der Waals surface area contributed by atoms with Crippen molar-refractivity contribution in [2.75, 3.05) is 0 Å². The Morgan fingerprint density at radius 1 is 1.78 bits per heavy atom. The Balaban J connectivity index is 2.68. The number of amides is 1. The minimum atomic E-state index is 0.0775. The van der Waals surface area contributed by atoms with E-state index >= 15 is 0 Å².